The monoisotopic (exact) mass is 358 g/mol. The van der Waals surface area contributed by atoms with Crippen LogP contribution in [0.25, 0.3) is 23.0 Å². The zero-order valence-electron chi connectivity index (χ0n) is 15.0. The lowest BCUT2D eigenvalue weighted by Gasteiger charge is -2.21. The fourth-order valence-electron chi connectivity index (χ4n) is 3.29. The summed E-state index contributed by atoms with van der Waals surface area (Å²) >= 11 is 0. The number of aromatic nitrogens is 7. The van der Waals surface area contributed by atoms with Gasteiger partial charge in [-0.1, -0.05) is 44.2 Å². The molecular weight excluding hydrogens is 340 g/mol. The van der Waals surface area contributed by atoms with Crippen LogP contribution in [-0.2, 0) is 6.54 Å². The molecule has 8 nitrogen and oxygen atoms in total. The molecule has 134 valence electrons. The van der Waals surface area contributed by atoms with Gasteiger partial charge in [0, 0.05) is 23.9 Å². The summed E-state index contributed by atoms with van der Waals surface area (Å²) in [5.74, 6) is 4.18. The summed E-state index contributed by atoms with van der Waals surface area (Å²) < 4.78 is 3.94. The number of rotatable bonds is 3. The Hall–Kier alpha value is -3.55. The van der Waals surface area contributed by atoms with Crippen molar-refractivity contribution >= 4 is 5.82 Å². The molecule has 0 aliphatic carbocycles. The number of imidazole rings is 1. The Balaban J connectivity index is 1.61. The van der Waals surface area contributed by atoms with E-state index in [1.807, 2.05) is 51.9 Å². The molecule has 3 aromatic heterocycles. The highest BCUT2D eigenvalue weighted by molar-refractivity contribution is 5.61. The summed E-state index contributed by atoms with van der Waals surface area (Å²) in [6.45, 7) is 4.79. The number of hydrogen-bond acceptors (Lipinski definition) is 6. The van der Waals surface area contributed by atoms with E-state index in [0.29, 0.717) is 12.5 Å². The van der Waals surface area contributed by atoms with Crippen molar-refractivity contribution in [2.75, 3.05) is 5.32 Å². The number of benzene rings is 1. The Labute approximate surface area is 156 Å². The lowest BCUT2D eigenvalue weighted by molar-refractivity contribution is 0.725. The Bertz CT molecular complexity index is 1110. The van der Waals surface area contributed by atoms with Gasteiger partial charge < -0.3 is 5.32 Å². The quantitative estimate of drug-likeness (QED) is 0.606. The van der Waals surface area contributed by atoms with Crippen LogP contribution in [0.3, 0.4) is 0 Å². The number of hydrogen-bond donors (Lipinski definition) is 1. The van der Waals surface area contributed by atoms with E-state index >= 15 is 0 Å². The van der Waals surface area contributed by atoms with Gasteiger partial charge in [-0.2, -0.15) is 4.98 Å². The fraction of sp³-hybridized carbons (Fsp3) is 0.211. The van der Waals surface area contributed by atoms with E-state index in [1.165, 1.54) is 0 Å². The van der Waals surface area contributed by atoms with E-state index in [4.69, 9.17) is 4.98 Å². The van der Waals surface area contributed by atoms with Crippen molar-refractivity contribution in [1.29, 1.82) is 0 Å². The van der Waals surface area contributed by atoms with Crippen molar-refractivity contribution in [3.8, 4) is 23.0 Å². The van der Waals surface area contributed by atoms with Gasteiger partial charge in [0.1, 0.15) is 17.3 Å². The average Bonchev–Trinajstić information content (AvgIpc) is 3.35. The van der Waals surface area contributed by atoms with Crippen LogP contribution < -0.4 is 5.32 Å². The van der Waals surface area contributed by atoms with Crippen LogP contribution in [0.5, 0.6) is 0 Å². The summed E-state index contributed by atoms with van der Waals surface area (Å²) in [4.78, 5) is 13.8. The maximum Gasteiger partial charge on any atom is 0.237 e. The van der Waals surface area contributed by atoms with Gasteiger partial charge in [0.25, 0.3) is 0 Å². The van der Waals surface area contributed by atoms with Gasteiger partial charge in [-0.25, -0.2) is 9.97 Å². The number of fused-ring (bicyclic) bond motifs is 3. The third kappa shape index (κ3) is 2.49. The number of anilines is 1. The van der Waals surface area contributed by atoms with Crippen LogP contribution in [-0.4, -0.2) is 34.3 Å². The van der Waals surface area contributed by atoms with Gasteiger partial charge in [0.15, 0.2) is 11.6 Å². The summed E-state index contributed by atoms with van der Waals surface area (Å²) in [6.07, 6.45) is 5.45. The molecule has 0 saturated heterocycles. The van der Waals surface area contributed by atoms with Crippen molar-refractivity contribution in [3.05, 3.63) is 60.6 Å². The Morgan fingerprint density at radius 3 is 2.74 bits per heavy atom. The molecule has 1 aromatic carbocycles. The van der Waals surface area contributed by atoms with Crippen LogP contribution in [0.2, 0.25) is 0 Å². The fourth-order valence-corrected chi connectivity index (χ4v) is 3.29. The van der Waals surface area contributed by atoms with Crippen LogP contribution in [0.1, 0.15) is 31.4 Å². The summed E-state index contributed by atoms with van der Waals surface area (Å²) in [5.41, 5.74) is 1.88. The first-order valence-electron chi connectivity index (χ1n) is 8.87. The molecule has 0 spiro atoms. The molecule has 4 heterocycles. The van der Waals surface area contributed by atoms with Crippen LogP contribution in [0.4, 0.5) is 5.82 Å². The molecule has 0 amide bonds. The summed E-state index contributed by atoms with van der Waals surface area (Å²) in [5, 5.41) is 11.9. The van der Waals surface area contributed by atoms with Gasteiger partial charge in [0.05, 0.1) is 12.7 Å². The Morgan fingerprint density at radius 1 is 1.07 bits per heavy atom. The maximum absolute atomic E-state index is 4.75. The minimum atomic E-state index is 0.259. The molecule has 0 radical (unpaired) electrons. The number of nitrogens with zero attached hydrogens (tertiary/aromatic N) is 7. The molecule has 8 heteroatoms. The number of nitrogens with one attached hydrogen (secondary N) is 1. The average molecular weight is 358 g/mol. The predicted molar refractivity (Wildman–Crippen MR) is 101 cm³/mol. The lowest BCUT2D eigenvalue weighted by Crippen LogP contribution is -2.20. The second-order valence-corrected chi connectivity index (χ2v) is 6.71. The van der Waals surface area contributed by atoms with Gasteiger partial charge in [-0.05, 0) is 0 Å². The van der Waals surface area contributed by atoms with E-state index in [-0.39, 0.29) is 5.92 Å². The predicted octanol–water partition coefficient (Wildman–Crippen LogP) is 2.96. The van der Waals surface area contributed by atoms with Gasteiger partial charge in [-0.3, -0.25) is 9.13 Å². The topological polar surface area (TPSA) is 86.3 Å². The smallest absolute Gasteiger partial charge is 0.237 e. The minimum absolute atomic E-state index is 0.259. The first-order valence-corrected chi connectivity index (χ1v) is 8.87. The Kier molecular flexibility index (Phi) is 3.49. The molecule has 0 bridgehead atoms. The van der Waals surface area contributed by atoms with E-state index < -0.39 is 0 Å². The van der Waals surface area contributed by atoms with Gasteiger partial charge >= 0.3 is 0 Å². The van der Waals surface area contributed by atoms with E-state index in [2.05, 4.69) is 39.3 Å². The third-order valence-electron chi connectivity index (χ3n) is 4.57. The minimum Gasteiger partial charge on any atom is -0.361 e. The molecular formula is C19H18N8. The van der Waals surface area contributed by atoms with Crippen molar-refractivity contribution in [2.45, 2.75) is 26.3 Å². The molecule has 1 N–H and O–H groups in total. The van der Waals surface area contributed by atoms with Crippen LogP contribution in [0, 0.1) is 0 Å². The molecule has 5 rings (SSSR count). The Morgan fingerprint density at radius 2 is 1.93 bits per heavy atom. The first-order chi connectivity index (χ1) is 13.2. The zero-order valence-corrected chi connectivity index (χ0v) is 15.0. The SMILES string of the molecule is CC(C)c1nnc2n1-c1cnc(-n3ccnc3-c3ccccc3)nc1NC2. The van der Waals surface area contributed by atoms with Crippen molar-refractivity contribution in [2.24, 2.45) is 0 Å². The standard InChI is InChI=1S/C19H18N8/c1-12(2)17-25-24-15-11-21-16-14(27(15)17)10-22-19(23-16)26-9-8-20-18(26)13-6-4-3-5-7-13/h3-10,12H,11H2,1-2H3,(H,21,22,23). The summed E-state index contributed by atoms with van der Waals surface area (Å²) in [6, 6.07) is 10.0. The second-order valence-electron chi connectivity index (χ2n) is 6.71. The molecule has 0 unspecified atom stereocenters. The van der Waals surface area contributed by atoms with Gasteiger partial charge in [-0.15, -0.1) is 10.2 Å². The summed E-state index contributed by atoms with van der Waals surface area (Å²) in [7, 11) is 0. The highest BCUT2D eigenvalue weighted by Crippen LogP contribution is 2.29. The molecule has 4 aromatic rings. The molecule has 0 fully saturated rings. The van der Waals surface area contributed by atoms with E-state index in [1.54, 1.807) is 6.20 Å². The van der Waals surface area contributed by atoms with E-state index in [0.717, 1.165) is 34.5 Å². The maximum atomic E-state index is 4.75. The zero-order chi connectivity index (χ0) is 18.4. The van der Waals surface area contributed by atoms with Crippen molar-refractivity contribution in [3.63, 3.8) is 0 Å². The highest BCUT2D eigenvalue weighted by atomic mass is 15.3. The molecule has 0 saturated carbocycles. The highest BCUT2D eigenvalue weighted by Gasteiger charge is 2.24. The largest absolute Gasteiger partial charge is 0.361 e. The van der Waals surface area contributed by atoms with Crippen molar-refractivity contribution in [1.82, 2.24) is 34.3 Å². The second kappa shape index (κ2) is 6.01. The van der Waals surface area contributed by atoms with Crippen molar-refractivity contribution < 1.29 is 0 Å². The van der Waals surface area contributed by atoms with Crippen LogP contribution >= 0.6 is 0 Å². The van der Waals surface area contributed by atoms with E-state index in [9.17, 15) is 0 Å². The molecule has 0 atom stereocenters. The third-order valence-corrected chi connectivity index (χ3v) is 4.57. The first kappa shape index (κ1) is 15.7. The van der Waals surface area contributed by atoms with Gasteiger partial charge in [0.2, 0.25) is 5.95 Å². The lowest BCUT2D eigenvalue weighted by atomic mass is 10.2. The van der Waals surface area contributed by atoms with Crippen LogP contribution in [0.15, 0.2) is 48.9 Å². The normalized spacial score (nSPS) is 12.6. The molecule has 27 heavy (non-hydrogen) atoms. The molecule has 1 aliphatic heterocycles. The molecule has 1 aliphatic rings.